The summed E-state index contributed by atoms with van der Waals surface area (Å²) in [6.07, 6.45) is 2.24. The van der Waals surface area contributed by atoms with Gasteiger partial charge < -0.3 is 20.7 Å². The molecule has 0 radical (unpaired) electrons. The molecule has 18 heavy (non-hydrogen) atoms. The second kappa shape index (κ2) is 6.63. The third-order valence-electron chi connectivity index (χ3n) is 2.29. The van der Waals surface area contributed by atoms with Crippen molar-refractivity contribution in [1.29, 1.82) is 0 Å². The van der Waals surface area contributed by atoms with E-state index in [1.165, 1.54) is 6.33 Å². The highest BCUT2D eigenvalue weighted by atomic mass is 16.5. The molecule has 0 aliphatic carbocycles. The smallest absolute Gasteiger partial charge is 0.242 e. The fraction of sp³-hybridized carbons (Fsp3) is 0.545. The van der Waals surface area contributed by atoms with E-state index in [-0.39, 0.29) is 12.5 Å². The van der Waals surface area contributed by atoms with Crippen LogP contribution in [-0.4, -0.2) is 43.1 Å². The molecule has 1 aromatic rings. The number of rotatable bonds is 6. The van der Waals surface area contributed by atoms with Crippen molar-refractivity contribution in [3.63, 3.8) is 0 Å². The molecule has 1 amide bonds. The summed E-state index contributed by atoms with van der Waals surface area (Å²) in [5, 5.41) is 2.54. The largest absolute Gasteiger partial charge is 0.476 e. The van der Waals surface area contributed by atoms with E-state index in [0.717, 1.165) is 6.42 Å². The maximum atomic E-state index is 11.3. The molecule has 0 fully saturated rings. The summed E-state index contributed by atoms with van der Waals surface area (Å²) < 4.78 is 5.40. The zero-order valence-electron chi connectivity index (χ0n) is 10.9. The topological polar surface area (TPSA) is 93.4 Å². The minimum atomic E-state index is -0.119. The van der Waals surface area contributed by atoms with Crippen LogP contribution in [0.5, 0.6) is 5.88 Å². The first kappa shape index (κ1) is 14.0. The van der Waals surface area contributed by atoms with Crippen molar-refractivity contribution < 1.29 is 9.53 Å². The van der Waals surface area contributed by atoms with Crippen LogP contribution in [0.15, 0.2) is 6.33 Å². The number of aromatic nitrogens is 2. The first-order chi connectivity index (χ1) is 8.60. The Morgan fingerprint density at radius 3 is 2.89 bits per heavy atom. The molecule has 0 spiro atoms. The minimum absolute atomic E-state index is 0.119. The SMILES string of the molecule is CCCOc1ncnc(N(C)CC(=O)NC)c1N. The summed E-state index contributed by atoms with van der Waals surface area (Å²) in [6.45, 7) is 2.71. The van der Waals surface area contributed by atoms with E-state index in [9.17, 15) is 4.79 Å². The number of ether oxygens (including phenoxy) is 1. The van der Waals surface area contributed by atoms with Gasteiger partial charge in [-0.25, -0.2) is 4.98 Å². The standard InChI is InChI=1S/C11H19N5O2/c1-4-5-18-11-9(12)10(14-7-15-11)16(3)6-8(17)13-2/h7H,4-6,12H2,1-3H3,(H,13,17). The van der Waals surface area contributed by atoms with Crippen molar-refractivity contribution >= 4 is 17.4 Å². The van der Waals surface area contributed by atoms with Crippen molar-refractivity contribution in [2.24, 2.45) is 0 Å². The fourth-order valence-corrected chi connectivity index (χ4v) is 1.36. The van der Waals surface area contributed by atoms with Crippen LogP contribution in [0.3, 0.4) is 0 Å². The Morgan fingerprint density at radius 1 is 1.56 bits per heavy atom. The predicted octanol–water partition coefficient (Wildman–Crippen LogP) is 0.0298. The van der Waals surface area contributed by atoms with Gasteiger partial charge in [-0.05, 0) is 6.42 Å². The normalized spacial score (nSPS) is 9.94. The lowest BCUT2D eigenvalue weighted by Gasteiger charge is -2.19. The van der Waals surface area contributed by atoms with Gasteiger partial charge in [0.1, 0.15) is 12.0 Å². The van der Waals surface area contributed by atoms with Crippen LogP contribution < -0.4 is 20.7 Å². The first-order valence-corrected chi connectivity index (χ1v) is 5.75. The highest BCUT2D eigenvalue weighted by Gasteiger charge is 2.14. The number of nitrogen functional groups attached to an aromatic ring is 1. The molecule has 1 heterocycles. The molecule has 0 saturated heterocycles. The van der Waals surface area contributed by atoms with E-state index in [2.05, 4.69) is 15.3 Å². The third kappa shape index (κ3) is 3.47. The van der Waals surface area contributed by atoms with Crippen molar-refractivity contribution in [1.82, 2.24) is 15.3 Å². The lowest BCUT2D eigenvalue weighted by atomic mass is 10.4. The Kier molecular flexibility index (Phi) is 5.16. The van der Waals surface area contributed by atoms with Gasteiger partial charge in [0.15, 0.2) is 5.82 Å². The third-order valence-corrected chi connectivity index (χ3v) is 2.29. The Hall–Kier alpha value is -2.05. The Bertz CT molecular complexity index is 410. The predicted molar refractivity (Wildman–Crippen MR) is 69.6 cm³/mol. The molecule has 1 aromatic heterocycles. The van der Waals surface area contributed by atoms with E-state index in [0.29, 0.717) is 24.0 Å². The second-order valence-corrected chi connectivity index (χ2v) is 3.79. The van der Waals surface area contributed by atoms with E-state index >= 15 is 0 Å². The van der Waals surface area contributed by atoms with Crippen LogP contribution in [0.2, 0.25) is 0 Å². The Balaban J connectivity index is 2.85. The van der Waals surface area contributed by atoms with E-state index in [4.69, 9.17) is 10.5 Å². The van der Waals surface area contributed by atoms with Gasteiger partial charge >= 0.3 is 0 Å². The Labute approximate surface area is 106 Å². The van der Waals surface area contributed by atoms with Crippen LogP contribution in [-0.2, 0) is 4.79 Å². The maximum Gasteiger partial charge on any atom is 0.242 e. The lowest BCUT2D eigenvalue weighted by molar-refractivity contribution is -0.119. The number of hydrogen-bond donors (Lipinski definition) is 2. The van der Waals surface area contributed by atoms with Gasteiger partial charge in [-0.2, -0.15) is 4.98 Å². The molecule has 0 aliphatic heterocycles. The monoisotopic (exact) mass is 253 g/mol. The quantitative estimate of drug-likeness (QED) is 0.743. The van der Waals surface area contributed by atoms with E-state index < -0.39 is 0 Å². The summed E-state index contributed by atoms with van der Waals surface area (Å²) in [4.78, 5) is 21.0. The molecule has 0 atom stereocenters. The molecule has 3 N–H and O–H groups in total. The number of likely N-dealkylation sites (N-methyl/N-ethyl adjacent to an activating group) is 2. The molecule has 0 saturated carbocycles. The molecule has 0 aromatic carbocycles. The summed E-state index contributed by atoms with van der Waals surface area (Å²) >= 11 is 0. The molecule has 7 heteroatoms. The number of nitrogens with zero attached hydrogens (tertiary/aromatic N) is 3. The average molecular weight is 253 g/mol. The number of anilines is 2. The molecule has 7 nitrogen and oxygen atoms in total. The van der Waals surface area contributed by atoms with Gasteiger partial charge in [-0.1, -0.05) is 6.92 Å². The van der Waals surface area contributed by atoms with Gasteiger partial charge in [-0.15, -0.1) is 0 Å². The van der Waals surface area contributed by atoms with Gasteiger partial charge in [0, 0.05) is 14.1 Å². The summed E-state index contributed by atoms with van der Waals surface area (Å²) in [5.74, 6) is 0.719. The van der Waals surface area contributed by atoms with Crippen molar-refractivity contribution in [3.05, 3.63) is 6.33 Å². The first-order valence-electron chi connectivity index (χ1n) is 5.75. The number of hydrogen-bond acceptors (Lipinski definition) is 6. The number of nitrogens with one attached hydrogen (secondary N) is 1. The van der Waals surface area contributed by atoms with Crippen LogP contribution in [0.1, 0.15) is 13.3 Å². The molecule has 0 unspecified atom stereocenters. The molecule has 1 rings (SSSR count). The lowest BCUT2D eigenvalue weighted by Crippen LogP contribution is -2.33. The number of carbonyl (C=O) groups excluding carboxylic acids is 1. The minimum Gasteiger partial charge on any atom is -0.476 e. The zero-order valence-corrected chi connectivity index (χ0v) is 10.9. The van der Waals surface area contributed by atoms with Gasteiger partial charge in [0.2, 0.25) is 11.8 Å². The molecule has 0 aliphatic rings. The van der Waals surface area contributed by atoms with Crippen LogP contribution in [0.25, 0.3) is 0 Å². The molecular formula is C11H19N5O2. The van der Waals surface area contributed by atoms with Gasteiger partial charge in [0.25, 0.3) is 0 Å². The van der Waals surface area contributed by atoms with Gasteiger partial charge in [-0.3, -0.25) is 4.79 Å². The van der Waals surface area contributed by atoms with Crippen molar-refractivity contribution in [3.8, 4) is 5.88 Å². The summed E-state index contributed by atoms with van der Waals surface area (Å²) in [6, 6.07) is 0. The number of nitrogens with two attached hydrogens (primary N) is 1. The van der Waals surface area contributed by atoms with Crippen molar-refractivity contribution in [2.75, 3.05) is 37.9 Å². The summed E-state index contributed by atoms with van der Waals surface area (Å²) in [5.41, 5.74) is 6.26. The molecular weight excluding hydrogens is 234 g/mol. The number of amides is 1. The van der Waals surface area contributed by atoms with Crippen LogP contribution in [0.4, 0.5) is 11.5 Å². The maximum absolute atomic E-state index is 11.3. The fourth-order valence-electron chi connectivity index (χ4n) is 1.36. The second-order valence-electron chi connectivity index (χ2n) is 3.79. The number of carbonyl (C=O) groups is 1. The molecule has 100 valence electrons. The van der Waals surface area contributed by atoms with E-state index in [1.54, 1.807) is 19.0 Å². The van der Waals surface area contributed by atoms with E-state index in [1.807, 2.05) is 6.92 Å². The highest BCUT2D eigenvalue weighted by Crippen LogP contribution is 2.26. The highest BCUT2D eigenvalue weighted by molar-refractivity contribution is 5.82. The Morgan fingerprint density at radius 2 is 2.28 bits per heavy atom. The average Bonchev–Trinajstić information content (AvgIpc) is 2.37. The van der Waals surface area contributed by atoms with Crippen LogP contribution in [0, 0.1) is 0 Å². The summed E-state index contributed by atoms with van der Waals surface area (Å²) in [7, 11) is 3.31. The van der Waals surface area contributed by atoms with Crippen LogP contribution >= 0.6 is 0 Å². The molecule has 0 bridgehead atoms. The van der Waals surface area contributed by atoms with Gasteiger partial charge in [0.05, 0.1) is 13.2 Å². The zero-order chi connectivity index (χ0) is 13.5. The van der Waals surface area contributed by atoms with Crippen molar-refractivity contribution in [2.45, 2.75) is 13.3 Å².